The van der Waals surface area contributed by atoms with Gasteiger partial charge in [-0.3, -0.25) is 14.4 Å². The van der Waals surface area contributed by atoms with Gasteiger partial charge < -0.3 is 16.0 Å². The van der Waals surface area contributed by atoms with Gasteiger partial charge in [0.2, 0.25) is 11.8 Å². The fourth-order valence-electron chi connectivity index (χ4n) is 2.37. The van der Waals surface area contributed by atoms with Gasteiger partial charge in [0, 0.05) is 23.4 Å². The Morgan fingerprint density at radius 1 is 0.963 bits per heavy atom. The van der Waals surface area contributed by atoms with Gasteiger partial charge in [0.05, 0.1) is 6.54 Å². The first-order valence-corrected chi connectivity index (χ1v) is 8.82. The number of benzene rings is 2. The number of carbonyl (C=O) groups excluding carboxylic acids is 3. The van der Waals surface area contributed by atoms with E-state index in [1.54, 1.807) is 42.5 Å². The smallest absolute Gasteiger partial charge is 0.251 e. The lowest BCUT2D eigenvalue weighted by Crippen LogP contribution is -2.31. The first-order valence-electron chi connectivity index (χ1n) is 8.82. The third kappa shape index (κ3) is 6.11. The van der Waals surface area contributed by atoms with Gasteiger partial charge in [-0.25, -0.2) is 0 Å². The molecule has 0 atom stereocenters. The zero-order valence-corrected chi connectivity index (χ0v) is 14.8. The Hall–Kier alpha value is -3.41. The first kappa shape index (κ1) is 18.4. The quantitative estimate of drug-likeness (QED) is 0.660. The van der Waals surface area contributed by atoms with Crippen LogP contribution in [0.5, 0.6) is 0 Å². The number of nitrogens with one attached hydrogen (secondary N) is 3. The SMILES string of the molecule is O=C(C=Cc1ccc(C(=O)NC2CC2)cc1)NCC(=O)Nc1ccccc1. The number of hydrogen-bond acceptors (Lipinski definition) is 3. The zero-order valence-electron chi connectivity index (χ0n) is 14.8. The average molecular weight is 363 g/mol. The first-order chi connectivity index (χ1) is 13.1. The number of rotatable bonds is 7. The Morgan fingerprint density at radius 2 is 1.67 bits per heavy atom. The van der Waals surface area contributed by atoms with Crippen LogP contribution in [0.1, 0.15) is 28.8 Å². The molecule has 1 saturated carbocycles. The van der Waals surface area contributed by atoms with Crippen LogP contribution in [0.2, 0.25) is 0 Å². The van der Waals surface area contributed by atoms with Crippen LogP contribution in [-0.4, -0.2) is 30.3 Å². The number of para-hydroxylation sites is 1. The van der Waals surface area contributed by atoms with Gasteiger partial charge in [0.15, 0.2) is 0 Å². The predicted molar refractivity (Wildman–Crippen MR) is 104 cm³/mol. The van der Waals surface area contributed by atoms with E-state index in [1.165, 1.54) is 6.08 Å². The lowest BCUT2D eigenvalue weighted by Gasteiger charge is -2.05. The van der Waals surface area contributed by atoms with Crippen molar-refractivity contribution in [3.8, 4) is 0 Å². The molecule has 1 aliphatic carbocycles. The maximum atomic E-state index is 11.9. The van der Waals surface area contributed by atoms with Gasteiger partial charge in [-0.15, -0.1) is 0 Å². The molecule has 27 heavy (non-hydrogen) atoms. The Bertz CT molecular complexity index is 841. The Labute approximate surface area is 157 Å². The van der Waals surface area contributed by atoms with Crippen molar-refractivity contribution in [2.75, 3.05) is 11.9 Å². The third-order valence-corrected chi connectivity index (χ3v) is 3.99. The van der Waals surface area contributed by atoms with Gasteiger partial charge in [-0.1, -0.05) is 30.3 Å². The van der Waals surface area contributed by atoms with Crippen molar-refractivity contribution in [3.63, 3.8) is 0 Å². The van der Waals surface area contributed by atoms with Gasteiger partial charge in [0.25, 0.3) is 5.91 Å². The van der Waals surface area contributed by atoms with Crippen molar-refractivity contribution in [2.24, 2.45) is 0 Å². The van der Waals surface area contributed by atoms with E-state index in [4.69, 9.17) is 0 Å². The minimum atomic E-state index is -0.367. The Balaban J connectivity index is 1.43. The molecule has 0 saturated heterocycles. The maximum Gasteiger partial charge on any atom is 0.251 e. The van der Waals surface area contributed by atoms with Crippen LogP contribution in [0.4, 0.5) is 5.69 Å². The highest BCUT2D eigenvalue weighted by molar-refractivity contribution is 5.98. The molecule has 6 heteroatoms. The van der Waals surface area contributed by atoms with Crippen LogP contribution in [0.15, 0.2) is 60.7 Å². The van der Waals surface area contributed by atoms with E-state index in [0.29, 0.717) is 17.3 Å². The molecule has 2 aromatic rings. The molecule has 0 aromatic heterocycles. The monoisotopic (exact) mass is 363 g/mol. The molecule has 1 fully saturated rings. The Morgan fingerprint density at radius 3 is 2.33 bits per heavy atom. The van der Waals surface area contributed by atoms with E-state index in [2.05, 4.69) is 16.0 Å². The van der Waals surface area contributed by atoms with Gasteiger partial charge in [-0.2, -0.15) is 0 Å². The normalized spacial score (nSPS) is 13.2. The van der Waals surface area contributed by atoms with Crippen LogP contribution < -0.4 is 16.0 Å². The molecular formula is C21H21N3O3. The molecule has 0 spiro atoms. The molecule has 3 amide bonds. The molecule has 0 bridgehead atoms. The molecule has 138 valence electrons. The lowest BCUT2D eigenvalue weighted by atomic mass is 10.1. The number of anilines is 1. The molecule has 0 radical (unpaired) electrons. The lowest BCUT2D eigenvalue weighted by molar-refractivity contribution is -0.121. The summed E-state index contributed by atoms with van der Waals surface area (Å²) in [7, 11) is 0. The summed E-state index contributed by atoms with van der Waals surface area (Å²) in [6.07, 6.45) is 5.08. The molecule has 1 aliphatic rings. The topological polar surface area (TPSA) is 87.3 Å². The van der Waals surface area contributed by atoms with Gasteiger partial charge in [0.1, 0.15) is 0 Å². The summed E-state index contributed by atoms with van der Waals surface area (Å²) in [5, 5.41) is 8.14. The van der Waals surface area contributed by atoms with Crippen LogP contribution in [-0.2, 0) is 9.59 Å². The molecular weight excluding hydrogens is 342 g/mol. The van der Waals surface area contributed by atoms with E-state index >= 15 is 0 Å². The Kier molecular flexibility index (Phi) is 5.99. The minimum Gasteiger partial charge on any atom is -0.349 e. The summed E-state index contributed by atoms with van der Waals surface area (Å²) < 4.78 is 0. The minimum absolute atomic E-state index is 0.0739. The van der Waals surface area contributed by atoms with Gasteiger partial charge in [-0.05, 0) is 48.7 Å². The largest absolute Gasteiger partial charge is 0.349 e. The second-order valence-corrected chi connectivity index (χ2v) is 6.34. The zero-order chi connectivity index (χ0) is 19.1. The summed E-state index contributed by atoms with van der Waals surface area (Å²) >= 11 is 0. The highest BCUT2D eigenvalue weighted by atomic mass is 16.2. The maximum absolute atomic E-state index is 11.9. The van der Waals surface area contributed by atoms with E-state index < -0.39 is 0 Å². The van der Waals surface area contributed by atoms with Crippen LogP contribution in [0.25, 0.3) is 6.08 Å². The van der Waals surface area contributed by atoms with Gasteiger partial charge >= 0.3 is 0 Å². The second-order valence-electron chi connectivity index (χ2n) is 6.34. The molecule has 3 N–H and O–H groups in total. The van der Waals surface area contributed by atoms with Crippen LogP contribution >= 0.6 is 0 Å². The second kappa shape index (κ2) is 8.80. The van der Waals surface area contributed by atoms with Crippen molar-refractivity contribution in [1.29, 1.82) is 0 Å². The van der Waals surface area contributed by atoms with E-state index in [9.17, 15) is 14.4 Å². The average Bonchev–Trinajstić information content (AvgIpc) is 3.50. The highest BCUT2D eigenvalue weighted by Gasteiger charge is 2.23. The van der Waals surface area contributed by atoms with E-state index in [1.807, 2.05) is 18.2 Å². The molecule has 3 rings (SSSR count). The van der Waals surface area contributed by atoms with E-state index in [-0.39, 0.29) is 24.3 Å². The molecule has 2 aromatic carbocycles. The number of carbonyl (C=O) groups is 3. The van der Waals surface area contributed by atoms with Crippen molar-refractivity contribution in [1.82, 2.24) is 10.6 Å². The van der Waals surface area contributed by atoms with Crippen LogP contribution in [0.3, 0.4) is 0 Å². The fourth-order valence-corrected chi connectivity index (χ4v) is 2.37. The van der Waals surface area contributed by atoms with Crippen molar-refractivity contribution < 1.29 is 14.4 Å². The molecule has 0 unspecified atom stereocenters. The summed E-state index contributed by atoms with van der Waals surface area (Å²) in [5.74, 6) is -0.738. The third-order valence-electron chi connectivity index (χ3n) is 3.99. The molecule has 0 heterocycles. The predicted octanol–water partition coefficient (Wildman–Crippen LogP) is 2.35. The summed E-state index contributed by atoms with van der Waals surface area (Å²) in [6.45, 7) is -0.113. The van der Waals surface area contributed by atoms with Crippen LogP contribution in [0, 0.1) is 0 Å². The van der Waals surface area contributed by atoms with E-state index in [0.717, 1.165) is 18.4 Å². The van der Waals surface area contributed by atoms with Crippen molar-refractivity contribution >= 4 is 29.5 Å². The van der Waals surface area contributed by atoms with Crippen molar-refractivity contribution in [3.05, 3.63) is 71.8 Å². The fraction of sp³-hybridized carbons (Fsp3) is 0.190. The summed E-state index contributed by atoms with van der Waals surface area (Å²) in [6, 6.07) is 16.3. The highest BCUT2D eigenvalue weighted by Crippen LogP contribution is 2.19. The summed E-state index contributed by atoms with van der Waals surface area (Å²) in [4.78, 5) is 35.5. The number of hydrogen-bond donors (Lipinski definition) is 3. The summed E-state index contributed by atoms with van der Waals surface area (Å²) in [5.41, 5.74) is 2.07. The number of amides is 3. The molecule has 6 nitrogen and oxygen atoms in total. The standard InChI is InChI=1S/C21H21N3O3/c25-19(22-14-20(26)23-17-4-2-1-3-5-17)13-8-15-6-9-16(10-7-15)21(27)24-18-11-12-18/h1-10,13,18H,11-12,14H2,(H,22,25)(H,23,26)(H,24,27). The molecule has 0 aliphatic heterocycles. The van der Waals surface area contributed by atoms with Crippen molar-refractivity contribution in [2.45, 2.75) is 18.9 Å².